The van der Waals surface area contributed by atoms with E-state index in [9.17, 15) is 5.11 Å². The van der Waals surface area contributed by atoms with Gasteiger partial charge in [0, 0.05) is 25.0 Å². The van der Waals surface area contributed by atoms with Crippen LogP contribution in [0.1, 0.15) is 25.6 Å². The molecule has 0 spiro atoms. The molecule has 2 saturated heterocycles. The number of rotatable bonds is 3. The van der Waals surface area contributed by atoms with Crippen molar-refractivity contribution in [3.63, 3.8) is 0 Å². The van der Waals surface area contributed by atoms with Crippen molar-refractivity contribution in [2.45, 2.75) is 26.1 Å². The number of hydrogen-bond acceptors (Lipinski definition) is 5. The van der Waals surface area contributed by atoms with Crippen LogP contribution in [0.25, 0.3) is 0 Å². The monoisotopic (exact) mass is 306 g/mol. The van der Waals surface area contributed by atoms with Crippen molar-refractivity contribution < 1.29 is 14.6 Å². The van der Waals surface area contributed by atoms with E-state index < -0.39 is 0 Å². The van der Waals surface area contributed by atoms with Crippen molar-refractivity contribution in [3.8, 4) is 11.5 Å². The molecule has 3 rings (SSSR count). The van der Waals surface area contributed by atoms with E-state index in [1.165, 1.54) is 5.56 Å². The quantitative estimate of drug-likeness (QED) is 0.889. The molecule has 2 aliphatic rings. The van der Waals surface area contributed by atoms with Crippen LogP contribution in [-0.2, 0) is 0 Å². The number of aliphatic hydroxyl groups is 1. The number of ether oxygens (including phenoxy) is 2. The zero-order valence-corrected chi connectivity index (χ0v) is 13.8. The van der Waals surface area contributed by atoms with E-state index in [0.717, 1.165) is 31.1 Å². The third-order valence-electron chi connectivity index (χ3n) is 5.13. The van der Waals surface area contributed by atoms with Gasteiger partial charge >= 0.3 is 0 Å². The molecule has 5 heteroatoms. The molecule has 2 aliphatic heterocycles. The predicted molar refractivity (Wildman–Crippen MR) is 85.1 cm³/mol. The lowest BCUT2D eigenvalue weighted by Gasteiger charge is -2.54. The molecule has 0 saturated carbocycles. The van der Waals surface area contributed by atoms with Crippen LogP contribution < -0.4 is 14.8 Å². The maximum absolute atomic E-state index is 10.5. The Balaban J connectivity index is 1.87. The topological polar surface area (TPSA) is 54.0 Å². The Kier molecular flexibility index (Phi) is 4.05. The predicted octanol–water partition coefficient (Wildman–Crippen LogP) is 1.62. The van der Waals surface area contributed by atoms with Crippen molar-refractivity contribution >= 4 is 0 Å². The SMILES string of the molecule is COc1ccc([C@@H]2NC[C@@]3(C)CN2C[C@H](C)[C@@H]3O)cc1OC. The van der Waals surface area contributed by atoms with Crippen LogP contribution in [0.3, 0.4) is 0 Å². The third kappa shape index (κ3) is 2.47. The minimum atomic E-state index is -0.248. The van der Waals surface area contributed by atoms with Crippen LogP contribution in [0.4, 0.5) is 0 Å². The number of benzene rings is 1. The molecule has 122 valence electrons. The van der Waals surface area contributed by atoms with Gasteiger partial charge in [0.25, 0.3) is 0 Å². The van der Waals surface area contributed by atoms with E-state index in [1.807, 2.05) is 12.1 Å². The molecule has 1 aromatic carbocycles. The maximum Gasteiger partial charge on any atom is 0.161 e. The van der Waals surface area contributed by atoms with Crippen molar-refractivity contribution in [1.29, 1.82) is 0 Å². The smallest absolute Gasteiger partial charge is 0.161 e. The lowest BCUT2D eigenvalue weighted by molar-refractivity contribution is -0.114. The summed E-state index contributed by atoms with van der Waals surface area (Å²) in [6.45, 7) is 6.91. The molecule has 0 amide bonds. The second-order valence-electron chi connectivity index (χ2n) is 6.90. The molecule has 0 radical (unpaired) electrons. The Morgan fingerprint density at radius 2 is 2.00 bits per heavy atom. The summed E-state index contributed by atoms with van der Waals surface area (Å²) in [5, 5.41) is 14.0. The number of fused-ring (bicyclic) bond motifs is 2. The van der Waals surface area contributed by atoms with Gasteiger partial charge in [0.2, 0.25) is 0 Å². The van der Waals surface area contributed by atoms with Gasteiger partial charge in [0.05, 0.1) is 26.5 Å². The molecule has 1 unspecified atom stereocenters. The maximum atomic E-state index is 10.5. The fourth-order valence-corrected chi connectivity index (χ4v) is 3.95. The Labute approximate surface area is 132 Å². The molecule has 0 aromatic heterocycles. The summed E-state index contributed by atoms with van der Waals surface area (Å²) < 4.78 is 10.7. The van der Waals surface area contributed by atoms with E-state index in [2.05, 4.69) is 30.1 Å². The molecular formula is C17H26N2O3. The Morgan fingerprint density at radius 1 is 1.27 bits per heavy atom. The average molecular weight is 306 g/mol. The molecule has 5 atom stereocenters. The van der Waals surface area contributed by atoms with Gasteiger partial charge in [-0.2, -0.15) is 0 Å². The number of nitrogens with one attached hydrogen (secondary N) is 1. The first-order valence-corrected chi connectivity index (χ1v) is 7.86. The number of piperidine rings is 1. The molecule has 5 nitrogen and oxygen atoms in total. The summed E-state index contributed by atoms with van der Waals surface area (Å²) in [6, 6.07) is 6.07. The Hall–Kier alpha value is -1.30. The molecule has 1 aromatic rings. The largest absolute Gasteiger partial charge is 0.493 e. The standard InChI is InChI=1S/C17H26N2O3/c1-11-8-19-10-17(2,15(11)20)9-18-16(19)12-5-6-13(21-3)14(7-12)22-4/h5-7,11,15-16,18,20H,8-10H2,1-4H3/t11-,15-,16+,17-/m0/s1. The van der Waals surface area contributed by atoms with Crippen molar-refractivity contribution in [2.24, 2.45) is 11.3 Å². The van der Waals surface area contributed by atoms with Gasteiger partial charge in [-0.15, -0.1) is 0 Å². The molecule has 22 heavy (non-hydrogen) atoms. The van der Waals surface area contributed by atoms with Gasteiger partial charge < -0.3 is 14.6 Å². The highest BCUT2D eigenvalue weighted by atomic mass is 16.5. The summed E-state index contributed by atoms with van der Waals surface area (Å²) >= 11 is 0. The highest BCUT2D eigenvalue weighted by Gasteiger charge is 2.47. The fraction of sp³-hybridized carbons (Fsp3) is 0.647. The van der Waals surface area contributed by atoms with Crippen molar-refractivity contribution in [3.05, 3.63) is 23.8 Å². The summed E-state index contributed by atoms with van der Waals surface area (Å²) in [6.07, 6.45) is -0.0922. The zero-order valence-electron chi connectivity index (χ0n) is 13.8. The van der Waals surface area contributed by atoms with Crippen LogP contribution in [0.2, 0.25) is 0 Å². The molecule has 2 bridgehead atoms. The third-order valence-corrected chi connectivity index (χ3v) is 5.13. The summed E-state index contributed by atoms with van der Waals surface area (Å²) in [5.74, 6) is 1.78. The minimum Gasteiger partial charge on any atom is -0.493 e. The first-order chi connectivity index (χ1) is 10.5. The lowest BCUT2D eigenvalue weighted by atomic mass is 9.72. The summed E-state index contributed by atoms with van der Waals surface area (Å²) in [4.78, 5) is 2.42. The van der Waals surface area contributed by atoms with Crippen LogP contribution in [0.5, 0.6) is 11.5 Å². The van der Waals surface area contributed by atoms with Crippen LogP contribution in [-0.4, -0.2) is 50.0 Å². The number of nitrogens with zero attached hydrogens (tertiary/aromatic N) is 1. The number of hydrogen-bond donors (Lipinski definition) is 2. The first-order valence-electron chi connectivity index (χ1n) is 7.86. The van der Waals surface area contributed by atoms with Gasteiger partial charge in [-0.1, -0.05) is 19.9 Å². The second-order valence-corrected chi connectivity index (χ2v) is 6.90. The Morgan fingerprint density at radius 3 is 2.68 bits per heavy atom. The number of methoxy groups -OCH3 is 2. The lowest BCUT2D eigenvalue weighted by Crippen LogP contribution is -2.65. The van der Waals surface area contributed by atoms with E-state index in [0.29, 0.717) is 0 Å². The van der Waals surface area contributed by atoms with E-state index >= 15 is 0 Å². The molecule has 0 aliphatic carbocycles. The highest BCUT2D eigenvalue weighted by molar-refractivity contribution is 5.43. The van der Waals surface area contributed by atoms with Gasteiger partial charge in [-0.3, -0.25) is 10.2 Å². The van der Waals surface area contributed by atoms with Crippen molar-refractivity contribution in [2.75, 3.05) is 33.9 Å². The second kappa shape index (κ2) is 5.72. The normalized spacial score (nSPS) is 37.7. The number of aliphatic hydroxyl groups excluding tert-OH is 1. The van der Waals surface area contributed by atoms with E-state index in [1.54, 1.807) is 14.2 Å². The van der Waals surface area contributed by atoms with Gasteiger partial charge in [0.15, 0.2) is 11.5 Å². The van der Waals surface area contributed by atoms with Gasteiger partial charge in [-0.05, 0) is 23.6 Å². The van der Waals surface area contributed by atoms with Crippen molar-refractivity contribution in [1.82, 2.24) is 10.2 Å². The average Bonchev–Trinajstić information content (AvgIpc) is 2.52. The molecule has 2 fully saturated rings. The van der Waals surface area contributed by atoms with Crippen LogP contribution >= 0.6 is 0 Å². The van der Waals surface area contributed by atoms with Crippen LogP contribution in [0, 0.1) is 11.3 Å². The van der Waals surface area contributed by atoms with Gasteiger partial charge in [-0.25, -0.2) is 0 Å². The minimum absolute atomic E-state index is 0.0786. The van der Waals surface area contributed by atoms with Crippen LogP contribution in [0.15, 0.2) is 18.2 Å². The van der Waals surface area contributed by atoms with E-state index in [4.69, 9.17) is 9.47 Å². The summed E-state index contributed by atoms with van der Waals surface area (Å²) in [7, 11) is 3.31. The highest BCUT2D eigenvalue weighted by Crippen LogP contribution is 2.41. The fourth-order valence-electron chi connectivity index (χ4n) is 3.95. The first kappa shape index (κ1) is 15.6. The zero-order chi connectivity index (χ0) is 15.9. The van der Waals surface area contributed by atoms with Gasteiger partial charge in [0.1, 0.15) is 0 Å². The molecular weight excluding hydrogens is 280 g/mol. The Bertz CT molecular complexity index is 551. The molecule has 2 N–H and O–H groups in total. The summed E-state index contributed by atoms with van der Waals surface area (Å²) in [5.41, 5.74) is 1.09. The molecule has 2 heterocycles. The van der Waals surface area contributed by atoms with E-state index in [-0.39, 0.29) is 23.6 Å².